The molecule has 0 N–H and O–H groups in total. The van der Waals surface area contributed by atoms with Crippen LogP contribution >= 0.6 is 0 Å². The first-order chi connectivity index (χ1) is 11.1. The normalized spacial score (nSPS) is 21.4. The third-order valence-electron chi connectivity index (χ3n) is 3.64. The van der Waals surface area contributed by atoms with Crippen LogP contribution in [0.25, 0.3) is 0 Å². The molecule has 0 spiro atoms. The molecule has 1 aliphatic heterocycles. The number of hydrogen-bond acceptors (Lipinski definition) is 4. The minimum atomic E-state index is -0.791. The van der Waals surface area contributed by atoms with Crippen LogP contribution in [0.2, 0.25) is 4.82 Å². The van der Waals surface area contributed by atoms with Crippen LogP contribution in [0.1, 0.15) is 34.6 Å². The summed E-state index contributed by atoms with van der Waals surface area (Å²) in [6.07, 6.45) is 0.505. The molecule has 24 heavy (non-hydrogen) atoms. The zero-order chi connectivity index (χ0) is 18.0. The van der Waals surface area contributed by atoms with Crippen LogP contribution in [-0.2, 0) is 14.3 Å². The summed E-state index contributed by atoms with van der Waals surface area (Å²) in [6.45, 7) is 9.48. The van der Waals surface area contributed by atoms with E-state index >= 15 is 0 Å². The third-order valence-corrected chi connectivity index (χ3v) is 6.24. The van der Waals surface area contributed by atoms with E-state index < -0.39 is 17.4 Å². The molecule has 1 aromatic carbocycles. The van der Waals surface area contributed by atoms with Crippen molar-refractivity contribution in [2.45, 2.75) is 56.8 Å². The quantitative estimate of drug-likeness (QED) is 0.577. The number of amides is 1. The van der Waals surface area contributed by atoms with E-state index in [1.54, 1.807) is 4.90 Å². The Kier molecular flexibility index (Phi) is 5.74. The van der Waals surface area contributed by atoms with Gasteiger partial charge in [-0.25, -0.2) is 0 Å². The second-order valence-electron chi connectivity index (χ2n) is 7.21. The van der Waals surface area contributed by atoms with Crippen LogP contribution in [0.4, 0.5) is 4.79 Å². The summed E-state index contributed by atoms with van der Waals surface area (Å²) >= 11 is -0.0856. The Labute approximate surface area is 149 Å². The zero-order valence-electron chi connectivity index (χ0n) is 14.8. The number of rotatable bonds is 4. The fraction of sp³-hybridized carbons (Fsp3) is 0.556. The number of carbonyl (C=O) groups is 2. The van der Waals surface area contributed by atoms with Gasteiger partial charge in [0.1, 0.15) is 0 Å². The Balaban J connectivity index is 2.22. The Morgan fingerprint density at radius 3 is 2.54 bits per heavy atom. The summed E-state index contributed by atoms with van der Waals surface area (Å²) < 4.78 is 12.4. The van der Waals surface area contributed by atoms with Gasteiger partial charge in [-0.15, -0.1) is 0 Å². The summed E-state index contributed by atoms with van der Waals surface area (Å²) in [4.78, 5) is 25.7. The maximum atomic E-state index is 12.7. The maximum absolute atomic E-state index is 12.7. The number of ether oxygens (including phenoxy) is 2. The molecule has 2 atom stereocenters. The van der Waals surface area contributed by atoms with Gasteiger partial charge in [0, 0.05) is 0 Å². The van der Waals surface area contributed by atoms with Crippen molar-refractivity contribution in [1.82, 2.24) is 4.90 Å². The minimum absolute atomic E-state index is 0.0856. The fourth-order valence-corrected chi connectivity index (χ4v) is 4.78. The summed E-state index contributed by atoms with van der Waals surface area (Å²) in [5.74, 6) is 0. The molecule has 0 saturated carbocycles. The predicted octanol–water partition coefficient (Wildman–Crippen LogP) is 2.38. The molecule has 0 aliphatic carbocycles. The van der Waals surface area contributed by atoms with Gasteiger partial charge >= 0.3 is 150 Å². The van der Waals surface area contributed by atoms with Gasteiger partial charge in [0.15, 0.2) is 0 Å². The van der Waals surface area contributed by atoms with E-state index in [9.17, 15) is 9.59 Å². The first-order valence-electron chi connectivity index (χ1n) is 7.97. The standard InChI is InChI=1S/C18H25NO4Se/c1-17(2,3)23-16(21)19-14(12-22-18(19,4)5)15(11-20)24-13-9-7-6-8-10-13/h6-11,14-15H,12H2,1-5H3/t14-,15+/m0/s1. The first kappa shape index (κ1) is 19.0. The molecule has 0 aromatic heterocycles. The van der Waals surface area contributed by atoms with Gasteiger partial charge in [0.05, 0.1) is 0 Å². The van der Waals surface area contributed by atoms with E-state index in [1.165, 1.54) is 0 Å². The predicted molar refractivity (Wildman–Crippen MR) is 93.5 cm³/mol. The van der Waals surface area contributed by atoms with Gasteiger partial charge in [-0.3, -0.25) is 0 Å². The summed E-state index contributed by atoms with van der Waals surface area (Å²) in [6, 6.07) is 9.57. The zero-order valence-corrected chi connectivity index (χ0v) is 16.5. The first-order valence-corrected chi connectivity index (χ1v) is 9.82. The molecule has 6 heteroatoms. The molecule has 0 bridgehead atoms. The molecule has 132 valence electrons. The molecule has 2 rings (SSSR count). The van der Waals surface area contributed by atoms with Crippen molar-refractivity contribution < 1.29 is 19.1 Å². The number of hydrogen-bond donors (Lipinski definition) is 0. The molecule has 0 unspecified atom stereocenters. The molecule has 1 aliphatic rings. The number of nitrogens with zero attached hydrogens (tertiary/aromatic N) is 1. The Hall–Kier alpha value is -1.36. The van der Waals surface area contributed by atoms with Crippen molar-refractivity contribution in [3.63, 3.8) is 0 Å². The van der Waals surface area contributed by atoms with E-state index in [2.05, 4.69) is 0 Å². The average molecular weight is 398 g/mol. The van der Waals surface area contributed by atoms with Crippen molar-refractivity contribution in [2.75, 3.05) is 6.61 Å². The summed E-state index contributed by atoms with van der Waals surface area (Å²) in [5, 5.41) is 0. The topological polar surface area (TPSA) is 55.8 Å². The second-order valence-corrected chi connectivity index (χ2v) is 9.83. The molecule has 1 saturated heterocycles. The van der Waals surface area contributed by atoms with Gasteiger partial charge < -0.3 is 0 Å². The molecule has 5 nitrogen and oxygen atoms in total. The second kappa shape index (κ2) is 7.26. The molecule has 1 fully saturated rings. The van der Waals surface area contributed by atoms with Crippen molar-refractivity contribution >= 4 is 31.8 Å². The average Bonchev–Trinajstić information content (AvgIpc) is 2.79. The number of benzene rings is 1. The van der Waals surface area contributed by atoms with Crippen LogP contribution in [-0.4, -0.2) is 56.2 Å². The van der Waals surface area contributed by atoms with Gasteiger partial charge in [-0.05, 0) is 0 Å². The Morgan fingerprint density at radius 2 is 2.00 bits per heavy atom. The molecule has 1 aromatic rings. The van der Waals surface area contributed by atoms with Gasteiger partial charge in [-0.2, -0.15) is 0 Å². The fourth-order valence-electron chi connectivity index (χ4n) is 2.59. The van der Waals surface area contributed by atoms with Crippen molar-refractivity contribution in [1.29, 1.82) is 0 Å². The van der Waals surface area contributed by atoms with Gasteiger partial charge in [0.25, 0.3) is 0 Å². The Morgan fingerprint density at radius 1 is 1.38 bits per heavy atom. The number of carbonyl (C=O) groups excluding carboxylic acids is 2. The summed E-state index contributed by atoms with van der Waals surface area (Å²) in [7, 11) is 0. The van der Waals surface area contributed by atoms with Crippen LogP contribution in [0, 0.1) is 0 Å². The van der Waals surface area contributed by atoms with Crippen LogP contribution < -0.4 is 4.46 Å². The molecular formula is C18H25NO4Se. The third kappa shape index (κ3) is 4.59. The monoisotopic (exact) mass is 399 g/mol. The number of aldehydes is 1. The van der Waals surface area contributed by atoms with E-state index in [1.807, 2.05) is 65.0 Å². The van der Waals surface area contributed by atoms with Crippen LogP contribution in [0.15, 0.2) is 30.3 Å². The molecular weight excluding hydrogens is 373 g/mol. The van der Waals surface area contributed by atoms with E-state index in [0.717, 1.165) is 10.7 Å². The van der Waals surface area contributed by atoms with Gasteiger partial charge in [-0.1, -0.05) is 0 Å². The van der Waals surface area contributed by atoms with Crippen molar-refractivity contribution in [3.8, 4) is 0 Å². The van der Waals surface area contributed by atoms with E-state index in [-0.39, 0.29) is 25.8 Å². The van der Waals surface area contributed by atoms with E-state index in [4.69, 9.17) is 9.47 Å². The van der Waals surface area contributed by atoms with E-state index in [0.29, 0.717) is 6.61 Å². The molecule has 1 heterocycles. The van der Waals surface area contributed by atoms with Crippen LogP contribution in [0.3, 0.4) is 0 Å². The van der Waals surface area contributed by atoms with Crippen LogP contribution in [0.5, 0.6) is 0 Å². The molecule has 0 radical (unpaired) electrons. The van der Waals surface area contributed by atoms with Gasteiger partial charge in [0.2, 0.25) is 0 Å². The van der Waals surface area contributed by atoms with Crippen molar-refractivity contribution in [3.05, 3.63) is 30.3 Å². The van der Waals surface area contributed by atoms with Crippen molar-refractivity contribution in [2.24, 2.45) is 0 Å². The summed E-state index contributed by atoms with van der Waals surface area (Å²) in [5.41, 5.74) is -1.39. The SMILES string of the molecule is CC(C)(C)OC(=O)N1[C@H]([C@@H](C=O)[Se]c2ccccc2)COC1(C)C. The molecule has 1 amide bonds. The Bertz CT molecular complexity index is 582.